The van der Waals surface area contributed by atoms with Gasteiger partial charge in [0.05, 0.1) is 18.1 Å². The molecule has 1 unspecified atom stereocenters. The number of nitrogens with zero attached hydrogens (tertiary/aromatic N) is 1. The van der Waals surface area contributed by atoms with Crippen LogP contribution in [0.4, 0.5) is 0 Å². The predicted molar refractivity (Wildman–Crippen MR) is 93.3 cm³/mol. The normalized spacial score (nSPS) is 11.7. The molecular weight excluding hydrogens is 342 g/mol. The van der Waals surface area contributed by atoms with Gasteiger partial charge in [-0.25, -0.2) is 4.79 Å². The smallest absolute Gasteiger partial charge is 0.338 e. The number of ether oxygens (including phenoxy) is 2. The van der Waals surface area contributed by atoms with Crippen LogP contribution in [-0.2, 0) is 14.4 Å². The highest BCUT2D eigenvalue weighted by Gasteiger charge is 2.14. The first kappa shape index (κ1) is 21.4. The van der Waals surface area contributed by atoms with Crippen LogP contribution >= 0.6 is 0 Å². The van der Waals surface area contributed by atoms with E-state index in [-0.39, 0.29) is 18.5 Å². The Morgan fingerprint density at radius 2 is 1.88 bits per heavy atom. The number of rotatable bonds is 10. The van der Waals surface area contributed by atoms with Crippen LogP contribution < -0.4 is 4.74 Å². The molecule has 1 aromatic carbocycles. The van der Waals surface area contributed by atoms with Crippen LogP contribution in [0.3, 0.4) is 0 Å². The van der Waals surface area contributed by atoms with E-state index in [9.17, 15) is 19.7 Å². The minimum atomic E-state index is -0.810. The highest BCUT2D eigenvalue weighted by Crippen LogP contribution is 2.21. The minimum Gasteiger partial charge on any atom is -0.462 e. The van der Waals surface area contributed by atoms with Crippen molar-refractivity contribution in [3.63, 3.8) is 0 Å². The fourth-order valence-electron chi connectivity index (χ4n) is 2.10. The van der Waals surface area contributed by atoms with E-state index in [1.165, 1.54) is 0 Å². The zero-order chi connectivity index (χ0) is 19.7. The maximum absolute atomic E-state index is 12.0. The Morgan fingerprint density at radius 3 is 2.46 bits per heavy atom. The Kier molecular flexibility index (Phi) is 8.54. The lowest BCUT2D eigenvalue weighted by molar-refractivity contribution is -0.767. The summed E-state index contributed by atoms with van der Waals surface area (Å²) in [6.07, 6.45) is 1.25. The molecule has 0 aliphatic rings. The van der Waals surface area contributed by atoms with Gasteiger partial charge < -0.3 is 14.3 Å². The molecule has 0 saturated heterocycles. The van der Waals surface area contributed by atoms with Crippen molar-refractivity contribution in [2.24, 2.45) is 5.92 Å². The fourth-order valence-corrected chi connectivity index (χ4v) is 2.10. The number of hydrogen-bond acceptors (Lipinski definition) is 7. The third-order valence-electron chi connectivity index (χ3n) is 3.60. The molecule has 1 rings (SSSR count). The Bertz CT molecular complexity index is 642. The second-order valence-electron chi connectivity index (χ2n) is 6.33. The predicted octanol–water partition coefficient (Wildman–Crippen LogP) is 3.48. The monoisotopic (exact) mass is 367 g/mol. The van der Waals surface area contributed by atoms with Crippen molar-refractivity contribution in [2.45, 2.75) is 53.1 Å². The van der Waals surface area contributed by atoms with E-state index in [0.717, 1.165) is 0 Å². The van der Waals surface area contributed by atoms with Gasteiger partial charge in [-0.1, -0.05) is 13.8 Å². The van der Waals surface area contributed by atoms with Crippen molar-refractivity contribution in [1.82, 2.24) is 0 Å². The molecule has 0 spiro atoms. The molecule has 0 aromatic heterocycles. The first-order chi connectivity index (χ1) is 12.2. The molecule has 0 fully saturated rings. The van der Waals surface area contributed by atoms with Gasteiger partial charge in [-0.05, 0) is 56.9 Å². The summed E-state index contributed by atoms with van der Waals surface area (Å²) in [6.45, 7) is 7.07. The lowest BCUT2D eigenvalue weighted by atomic mass is 10.1. The Morgan fingerprint density at radius 1 is 1.19 bits per heavy atom. The summed E-state index contributed by atoms with van der Waals surface area (Å²) >= 11 is 0. The van der Waals surface area contributed by atoms with Crippen molar-refractivity contribution in [2.75, 3.05) is 6.61 Å². The van der Waals surface area contributed by atoms with Crippen LogP contribution in [0.5, 0.6) is 5.75 Å². The maximum atomic E-state index is 12.0. The first-order valence-electron chi connectivity index (χ1n) is 8.51. The maximum Gasteiger partial charge on any atom is 0.338 e. The van der Waals surface area contributed by atoms with Crippen LogP contribution in [0.15, 0.2) is 18.2 Å². The van der Waals surface area contributed by atoms with Crippen LogP contribution in [0.2, 0.25) is 0 Å². The minimum absolute atomic E-state index is 0.215. The molecule has 8 nitrogen and oxygen atoms in total. The Hall–Kier alpha value is -2.64. The van der Waals surface area contributed by atoms with Crippen LogP contribution in [-0.4, -0.2) is 29.7 Å². The first-order valence-corrected chi connectivity index (χ1v) is 8.51. The highest BCUT2D eigenvalue weighted by molar-refractivity contribution is 5.90. The Balaban J connectivity index is 2.42. The number of carbonyl (C=O) groups excluding carboxylic acids is 2. The summed E-state index contributed by atoms with van der Waals surface area (Å²) in [5, 5.41) is 9.36. The molecule has 0 saturated carbocycles. The number of hydrogen-bond donors (Lipinski definition) is 0. The van der Waals surface area contributed by atoms with E-state index in [2.05, 4.69) is 4.84 Å². The molecule has 0 aliphatic heterocycles. The molecule has 0 radical (unpaired) electrons. The molecule has 26 heavy (non-hydrogen) atoms. The molecule has 1 atom stereocenters. The topological polar surface area (TPSA) is 105 Å². The van der Waals surface area contributed by atoms with Gasteiger partial charge in [-0.3, -0.25) is 4.79 Å². The molecule has 0 aliphatic carbocycles. The summed E-state index contributed by atoms with van der Waals surface area (Å²) in [7, 11) is 0. The molecule has 1 aromatic rings. The molecule has 8 heteroatoms. The standard InChI is InChI=1S/C18H25NO7/c1-12(2)17(20)25-16-9-8-15(11-13(16)3)18(21)24-10-6-5-7-14(4)26-19(22)23/h8-9,11-12,14H,5-7,10H2,1-4H3. The largest absolute Gasteiger partial charge is 0.462 e. The van der Waals surface area contributed by atoms with Crippen molar-refractivity contribution < 1.29 is 29.0 Å². The van der Waals surface area contributed by atoms with Gasteiger partial charge in [0, 0.05) is 0 Å². The number of benzene rings is 1. The van der Waals surface area contributed by atoms with E-state index in [1.807, 2.05) is 0 Å². The summed E-state index contributed by atoms with van der Waals surface area (Å²) in [6, 6.07) is 4.73. The Labute approximate surface area is 152 Å². The average molecular weight is 367 g/mol. The van der Waals surface area contributed by atoms with Gasteiger partial charge in [0.25, 0.3) is 5.09 Å². The second-order valence-corrected chi connectivity index (χ2v) is 6.33. The fraction of sp³-hybridized carbons (Fsp3) is 0.556. The van der Waals surface area contributed by atoms with E-state index >= 15 is 0 Å². The highest BCUT2D eigenvalue weighted by atomic mass is 17.0. The van der Waals surface area contributed by atoms with Gasteiger partial charge in [0.1, 0.15) is 11.9 Å². The number of carbonyl (C=O) groups is 2. The zero-order valence-corrected chi connectivity index (χ0v) is 15.5. The van der Waals surface area contributed by atoms with Crippen LogP contribution in [0, 0.1) is 23.0 Å². The van der Waals surface area contributed by atoms with Crippen molar-refractivity contribution >= 4 is 11.9 Å². The van der Waals surface area contributed by atoms with Crippen molar-refractivity contribution in [3.8, 4) is 5.75 Å². The number of esters is 2. The SMILES string of the molecule is Cc1cc(C(=O)OCCCCC(C)O[N+](=O)[O-])ccc1OC(=O)C(C)C. The summed E-state index contributed by atoms with van der Waals surface area (Å²) < 4.78 is 10.4. The lowest BCUT2D eigenvalue weighted by Gasteiger charge is -2.11. The molecule has 0 bridgehead atoms. The van der Waals surface area contributed by atoms with Crippen molar-refractivity contribution in [3.05, 3.63) is 39.4 Å². The third-order valence-corrected chi connectivity index (χ3v) is 3.60. The third kappa shape index (κ3) is 7.50. The van der Waals surface area contributed by atoms with Gasteiger partial charge in [0.15, 0.2) is 0 Å². The van der Waals surface area contributed by atoms with Crippen molar-refractivity contribution in [1.29, 1.82) is 0 Å². The molecule has 0 heterocycles. The molecule has 0 amide bonds. The van der Waals surface area contributed by atoms with Crippen LogP contribution in [0.1, 0.15) is 56.0 Å². The van der Waals surface area contributed by atoms with Gasteiger partial charge >= 0.3 is 11.9 Å². The summed E-state index contributed by atoms with van der Waals surface area (Å²) in [5.74, 6) is -0.624. The number of unbranched alkanes of at least 4 members (excludes halogenated alkanes) is 1. The zero-order valence-electron chi connectivity index (χ0n) is 15.5. The van der Waals surface area contributed by atoms with E-state index in [1.54, 1.807) is 45.9 Å². The quantitative estimate of drug-likeness (QED) is 0.205. The van der Waals surface area contributed by atoms with Gasteiger partial charge in [0.2, 0.25) is 0 Å². The van der Waals surface area contributed by atoms with Gasteiger partial charge in [-0.2, -0.15) is 0 Å². The second kappa shape index (κ2) is 10.4. The number of aryl methyl sites for hydroxylation is 1. The van der Waals surface area contributed by atoms with E-state index in [0.29, 0.717) is 36.1 Å². The van der Waals surface area contributed by atoms with E-state index < -0.39 is 17.2 Å². The summed E-state index contributed by atoms with van der Waals surface area (Å²) in [5.41, 5.74) is 1.04. The average Bonchev–Trinajstić information content (AvgIpc) is 2.55. The molecular formula is C18H25NO7. The van der Waals surface area contributed by atoms with E-state index in [4.69, 9.17) is 9.47 Å². The lowest BCUT2D eigenvalue weighted by Crippen LogP contribution is -2.15. The van der Waals surface area contributed by atoms with Crippen LogP contribution in [0.25, 0.3) is 0 Å². The molecule has 144 valence electrons. The molecule has 0 N–H and O–H groups in total. The van der Waals surface area contributed by atoms with Gasteiger partial charge in [-0.15, -0.1) is 10.1 Å². The summed E-state index contributed by atoms with van der Waals surface area (Å²) in [4.78, 5) is 38.2.